The Balaban J connectivity index is 1.34. The van der Waals surface area contributed by atoms with Gasteiger partial charge in [-0.3, -0.25) is 14.3 Å². The molecule has 7 nitrogen and oxygen atoms in total. The lowest BCUT2D eigenvalue weighted by Crippen LogP contribution is -2.25. The van der Waals surface area contributed by atoms with Crippen molar-refractivity contribution in [2.45, 2.75) is 30.2 Å². The number of hydrogen-bond acceptors (Lipinski definition) is 4. The van der Waals surface area contributed by atoms with Crippen LogP contribution in [0.1, 0.15) is 28.8 Å². The van der Waals surface area contributed by atoms with Crippen molar-refractivity contribution < 1.29 is 22.4 Å². The predicted molar refractivity (Wildman–Crippen MR) is 123 cm³/mol. The number of hydrogen-bond donors (Lipinski definition) is 3. The van der Waals surface area contributed by atoms with E-state index in [1.54, 1.807) is 48.5 Å². The summed E-state index contributed by atoms with van der Waals surface area (Å²) < 4.78 is 40.2. The first-order valence-electron chi connectivity index (χ1n) is 10.4. The van der Waals surface area contributed by atoms with Crippen LogP contribution in [0.4, 0.5) is 15.8 Å². The molecule has 4 rings (SSSR count). The number of carbonyl (C=O) groups is 2. The van der Waals surface area contributed by atoms with Crippen LogP contribution in [0.5, 0.6) is 0 Å². The van der Waals surface area contributed by atoms with Gasteiger partial charge in [0.05, 0.1) is 11.3 Å². The number of sulfonamides is 1. The van der Waals surface area contributed by atoms with E-state index < -0.39 is 15.8 Å². The average molecular weight is 468 g/mol. The molecule has 3 aromatic carbocycles. The fourth-order valence-corrected chi connectivity index (χ4v) is 4.20. The molecule has 0 radical (unpaired) electrons. The van der Waals surface area contributed by atoms with Gasteiger partial charge in [-0.05, 0) is 73.0 Å². The van der Waals surface area contributed by atoms with E-state index in [-0.39, 0.29) is 29.2 Å². The van der Waals surface area contributed by atoms with Crippen LogP contribution in [0, 0.1) is 5.82 Å². The summed E-state index contributed by atoms with van der Waals surface area (Å²) in [4.78, 5) is 24.5. The van der Waals surface area contributed by atoms with E-state index in [9.17, 15) is 22.4 Å². The van der Waals surface area contributed by atoms with Crippen molar-refractivity contribution in [3.05, 3.63) is 89.7 Å². The molecule has 1 aliphatic carbocycles. The summed E-state index contributed by atoms with van der Waals surface area (Å²) in [6.45, 7) is 0. The van der Waals surface area contributed by atoms with Gasteiger partial charge in [-0.15, -0.1) is 0 Å². The van der Waals surface area contributed by atoms with Gasteiger partial charge in [0.25, 0.3) is 15.9 Å². The van der Waals surface area contributed by atoms with Crippen molar-refractivity contribution in [1.29, 1.82) is 0 Å². The lowest BCUT2D eigenvalue weighted by atomic mass is 10.1. The van der Waals surface area contributed by atoms with Crippen LogP contribution in [-0.2, 0) is 21.2 Å². The maximum atomic E-state index is 13.0. The second kappa shape index (κ2) is 9.41. The first-order valence-corrected chi connectivity index (χ1v) is 11.8. The van der Waals surface area contributed by atoms with Gasteiger partial charge < -0.3 is 10.6 Å². The lowest BCUT2D eigenvalue weighted by Gasteiger charge is -2.10. The Morgan fingerprint density at radius 3 is 2.27 bits per heavy atom. The molecule has 0 saturated heterocycles. The molecule has 3 N–H and O–H groups in total. The minimum atomic E-state index is -3.85. The van der Waals surface area contributed by atoms with E-state index in [4.69, 9.17) is 0 Å². The summed E-state index contributed by atoms with van der Waals surface area (Å²) in [5, 5.41) is 5.68. The monoisotopic (exact) mass is 467 g/mol. The molecule has 9 heteroatoms. The Bertz CT molecular complexity index is 1270. The van der Waals surface area contributed by atoms with Gasteiger partial charge in [0.15, 0.2) is 0 Å². The Morgan fingerprint density at radius 1 is 0.909 bits per heavy atom. The first kappa shape index (κ1) is 22.5. The van der Waals surface area contributed by atoms with Gasteiger partial charge in [0.2, 0.25) is 5.91 Å². The Hall–Kier alpha value is -3.72. The molecule has 0 spiro atoms. The molecule has 1 fully saturated rings. The van der Waals surface area contributed by atoms with E-state index in [1.165, 1.54) is 12.1 Å². The minimum Gasteiger partial charge on any atom is -0.349 e. The third kappa shape index (κ3) is 6.17. The molecular formula is C24H22FN3O4S. The van der Waals surface area contributed by atoms with Gasteiger partial charge in [0, 0.05) is 23.0 Å². The van der Waals surface area contributed by atoms with E-state index in [0.717, 1.165) is 25.0 Å². The molecule has 0 atom stereocenters. The normalized spacial score (nSPS) is 13.2. The number of carbonyl (C=O) groups excluding carboxylic acids is 2. The summed E-state index contributed by atoms with van der Waals surface area (Å²) in [6, 6.07) is 17.9. The van der Waals surface area contributed by atoms with Gasteiger partial charge in [0.1, 0.15) is 5.82 Å². The van der Waals surface area contributed by atoms with E-state index in [0.29, 0.717) is 22.5 Å². The highest BCUT2D eigenvalue weighted by atomic mass is 32.2. The minimum absolute atomic E-state index is 0.0552. The Labute approximate surface area is 191 Å². The zero-order chi connectivity index (χ0) is 23.4. The fraction of sp³-hybridized carbons (Fsp3) is 0.167. The van der Waals surface area contributed by atoms with Crippen molar-refractivity contribution in [2.24, 2.45) is 0 Å². The molecule has 0 bridgehead atoms. The predicted octanol–water partition coefficient (Wildman–Crippen LogP) is 3.70. The third-order valence-corrected chi connectivity index (χ3v) is 6.41. The lowest BCUT2D eigenvalue weighted by molar-refractivity contribution is -0.115. The smallest absolute Gasteiger partial charge is 0.261 e. The van der Waals surface area contributed by atoms with Gasteiger partial charge in [-0.2, -0.15) is 0 Å². The summed E-state index contributed by atoms with van der Waals surface area (Å²) in [5.74, 6) is -0.952. The molecule has 0 unspecified atom stereocenters. The molecule has 0 aliphatic heterocycles. The summed E-state index contributed by atoms with van der Waals surface area (Å²) in [6.07, 6.45) is 2.06. The van der Waals surface area contributed by atoms with Crippen molar-refractivity contribution >= 4 is 33.2 Å². The van der Waals surface area contributed by atoms with Crippen molar-refractivity contribution in [1.82, 2.24) is 5.32 Å². The van der Waals surface area contributed by atoms with Gasteiger partial charge in [-0.1, -0.05) is 18.2 Å². The number of benzene rings is 3. The molecule has 0 heterocycles. The molecular weight excluding hydrogens is 445 g/mol. The van der Waals surface area contributed by atoms with Crippen molar-refractivity contribution in [3.8, 4) is 0 Å². The second-order valence-corrected chi connectivity index (χ2v) is 9.49. The molecule has 0 aromatic heterocycles. The molecule has 170 valence electrons. The van der Waals surface area contributed by atoms with Crippen LogP contribution in [0.25, 0.3) is 0 Å². The highest BCUT2D eigenvalue weighted by Gasteiger charge is 2.23. The summed E-state index contributed by atoms with van der Waals surface area (Å²) >= 11 is 0. The van der Waals surface area contributed by atoms with Gasteiger partial charge in [-0.25, -0.2) is 12.8 Å². The number of nitrogens with one attached hydrogen (secondary N) is 3. The van der Waals surface area contributed by atoms with E-state index in [1.807, 2.05) is 0 Å². The summed E-state index contributed by atoms with van der Waals surface area (Å²) in [7, 11) is -3.85. The van der Waals surface area contributed by atoms with Crippen molar-refractivity contribution in [3.63, 3.8) is 0 Å². The Morgan fingerprint density at radius 2 is 1.61 bits per heavy atom. The summed E-state index contributed by atoms with van der Waals surface area (Å²) in [5.41, 5.74) is 2.00. The molecule has 3 aromatic rings. The third-order valence-electron chi connectivity index (χ3n) is 5.02. The number of amides is 2. The molecule has 1 aliphatic rings. The standard InChI is InChI=1S/C24H22FN3O4S/c25-18-6-12-22(13-7-18)33(31,32)28-20-8-4-16(5-9-20)14-23(29)26-21-3-1-2-17(15-21)24(30)27-19-10-11-19/h1-9,12-13,15,19,28H,10-11,14H2,(H,26,29)(H,27,30). The highest BCUT2D eigenvalue weighted by Crippen LogP contribution is 2.20. The maximum absolute atomic E-state index is 13.0. The van der Waals surface area contributed by atoms with Crippen LogP contribution in [0.15, 0.2) is 77.7 Å². The largest absolute Gasteiger partial charge is 0.349 e. The molecule has 2 amide bonds. The SMILES string of the molecule is O=C(Cc1ccc(NS(=O)(=O)c2ccc(F)cc2)cc1)Nc1cccc(C(=O)NC2CC2)c1. The van der Waals surface area contributed by atoms with Crippen LogP contribution >= 0.6 is 0 Å². The fourth-order valence-electron chi connectivity index (χ4n) is 3.14. The quantitative estimate of drug-likeness (QED) is 0.470. The average Bonchev–Trinajstić information content (AvgIpc) is 3.59. The highest BCUT2D eigenvalue weighted by molar-refractivity contribution is 7.92. The van der Waals surface area contributed by atoms with E-state index >= 15 is 0 Å². The topological polar surface area (TPSA) is 104 Å². The van der Waals surface area contributed by atoms with Crippen LogP contribution in [0.2, 0.25) is 0 Å². The Kier molecular flexibility index (Phi) is 6.41. The zero-order valence-corrected chi connectivity index (χ0v) is 18.4. The molecule has 33 heavy (non-hydrogen) atoms. The molecule has 1 saturated carbocycles. The number of anilines is 2. The van der Waals surface area contributed by atoms with Crippen LogP contribution in [-0.4, -0.2) is 26.3 Å². The van der Waals surface area contributed by atoms with Crippen LogP contribution < -0.4 is 15.4 Å². The first-order chi connectivity index (χ1) is 15.8. The number of halogens is 1. The van der Waals surface area contributed by atoms with Crippen molar-refractivity contribution in [2.75, 3.05) is 10.0 Å². The van der Waals surface area contributed by atoms with E-state index in [2.05, 4.69) is 15.4 Å². The number of rotatable bonds is 8. The second-order valence-electron chi connectivity index (χ2n) is 7.81. The van der Waals surface area contributed by atoms with Gasteiger partial charge >= 0.3 is 0 Å². The maximum Gasteiger partial charge on any atom is 0.261 e. The van der Waals surface area contributed by atoms with Crippen LogP contribution in [0.3, 0.4) is 0 Å². The zero-order valence-electron chi connectivity index (χ0n) is 17.5.